The number of hydrogen-bond donors (Lipinski definition) is 1. The van der Waals surface area contributed by atoms with E-state index in [0.717, 1.165) is 25.2 Å². The Bertz CT molecular complexity index is 307. The lowest BCUT2D eigenvalue weighted by atomic mass is 10.1. The van der Waals surface area contributed by atoms with Crippen molar-refractivity contribution in [1.29, 1.82) is 0 Å². The van der Waals surface area contributed by atoms with Crippen LogP contribution in [0.5, 0.6) is 0 Å². The van der Waals surface area contributed by atoms with Crippen LogP contribution in [0.15, 0.2) is 24.3 Å². The lowest BCUT2D eigenvalue weighted by molar-refractivity contribution is 0.231. The summed E-state index contributed by atoms with van der Waals surface area (Å²) in [6.45, 7) is 9.00. The number of aryl methyl sites for hydroxylation is 1. The summed E-state index contributed by atoms with van der Waals surface area (Å²) < 4.78 is 0. The van der Waals surface area contributed by atoms with Gasteiger partial charge >= 0.3 is 0 Å². The molecular formula is C14H24N2. The first-order valence-electron chi connectivity index (χ1n) is 6.22. The van der Waals surface area contributed by atoms with Crippen LogP contribution >= 0.6 is 0 Å². The average molecular weight is 220 g/mol. The first kappa shape index (κ1) is 13.0. The van der Waals surface area contributed by atoms with Gasteiger partial charge in [0.25, 0.3) is 0 Å². The van der Waals surface area contributed by atoms with Crippen molar-refractivity contribution >= 4 is 5.69 Å². The molecule has 0 saturated carbocycles. The fourth-order valence-corrected chi connectivity index (χ4v) is 2.02. The predicted molar refractivity (Wildman–Crippen MR) is 71.6 cm³/mol. The molecule has 2 N–H and O–H groups in total. The summed E-state index contributed by atoms with van der Waals surface area (Å²) in [5.41, 5.74) is 8.12. The summed E-state index contributed by atoms with van der Waals surface area (Å²) in [4.78, 5) is 2.49. The number of hydrogen-bond acceptors (Lipinski definition) is 2. The SMILES string of the molecule is CCN(CCCc1ccccc1N)C(C)C. The highest BCUT2D eigenvalue weighted by molar-refractivity contribution is 5.46. The van der Waals surface area contributed by atoms with Crippen LogP contribution in [-0.4, -0.2) is 24.0 Å². The van der Waals surface area contributed by atoms with Crippen molar-refractivity contribution in [3.05, 3.63) is 29.8 Å². The van der Waals surface area contributed by atoms with Gasteiger partial charge in [-0.25, -0.2) is 0 Å². The molecule has 0 aliphatic rings. The van der Waals surface area contributed by atoms with Crippen molar-refractivity contribution in [2.75, 3.05) is 18.8 Å². The average Bonchev–Trinajstić information content (AvgIpc) is 2.26. The second kappa shape index (κ2) is 6.54. The molecule has 0 aliphatic carbocycles. The molecule has 0 unspecified atom stereocenters. The van der Waals surface area contributed by atoms with E-state index in [-0.39, 0.29) is 0 Å². The smallest absolute Gasteiger partial charge is 0.0346 e. The molecule has 0 saturated heterocycles. The Morgan fingerprint density at radius 2 is 1.94 bits per heavy atom. The van der Waals surface area contributed by atoms with E-state index in [1.165, 1.54) is 12.0 Å². The monoisotopic (exact) mass is 220 g/mol. The summed E-state index contributed by atoms with van der Waals surface area (Å²) in [5.74, 6) is 0. The maximum Gasteiger partial charge on any atom is 0.0346 e. The van der Waals surface area contributed by atoms with Gasteiger partial charge in [-0.05, 0) is 51.4 Å². The molecule has 0 fully saturated rings. The predicted octanol–water partition coefficient (Wildman–Crippen LogP) is 2.93. The molecule has 2 nitrogen and oxygen atoms in total. The lowest BCUT2D eigenvalue weighted by Crippen LogP contribution is -2.31. The van der Waals surface area contributed by atoms with Crippen molar-refractivity contribution in [2.24, 2.45) is 0 Å². The third-order valence-corrected chi connectivity index (χ3v) is 3.08. The highest BCUT2D eigenvalue weighted by Gasteiger charge is 2.06. The minimum Gasteiger partial charge on any atom is -0.399 e. The minimum atomic E-state index is 0.637. The molecule has 0 aromatic heterocycles. The third-order valence-electron chi connectivity index (χ3n) is 3.08. The van der Waals surface area contributed by atoms with Crippen molar-refractivity contribution in [1.82, 2.24) is 4.90 Å². The van der Waals surface area contributed by atoms with Crippen LogP contribution in [0.3, 0.4) is 0 Å². The lowest BCUT2D eigenvalue weighted by Gasteiger charge is -2.24. The summed E-state index contributed by atoms with van der Waals surface area (Å²) in [7, 11) is 0. The van der Waals surface area contributed by atoms with Crippen LogP contribution < -0.4 is 5.73 Å². The normalized spacial score (nSPS) is 11.3. The summed E-state index contributed by atoms with van der Waals surface area (Å²) in [6, 6.07) is 8.80. The van der Waals surface area contributed by atoms with E-state index in [2.05, 4.69) is 37.8 Å². The summed E-state index contributed by atoms with van der Waals surface area (Å²) in [6.07, 6.45) is 2.26. The van der Waals surface area contributed by atoms with Gasteiger partial charge in [0.05, 0.1) is 0 Å². The van der Waals surface area contributed by atoms with Gasteiger partial charge in [-0.15, -0.1) is 0 Å². The molecule has 0 bridgehead atoms. The highest BCUT2D eigenvalue weighted by Crippen LogP contribution is 2.13. The molecule has 90 valence electrons. The zero-order chi connectivity index (χ0) is 12.0. The zero-order valence-electron chi connectivity index (χ0n) is 10.7. The maximum atomic E-state index is 5.92. The number of anilines is 1. The molecule has 0 aliphatic heterocycles. The Balaban J connectivity index is 2.38. The topological polar surface area (TPSA) is 29.3 Å². The van der Waals surface area contributed by atoms with Crippen LogP contribution in [-0.2, 0) is 6.42 Å². The van der Waals surface area contributed by atoms with Crippen molar-refractivity contribution in [2.45, 2.75) is 39.7 Å². The number of para-hydroxylation sites is 1. The Labute approximate surface area is 99.5 Å². The molecule has 1 rings (SSSR count). The van der Waals surface area contributed by atoms with Gasteiger partial charge in [-0.2, -0.15) is 0 Å². The Hall–Kier alpha value is -1.02. The van der Waals surface area contributed by atoms with E-state index in [1.807, 2.05) is 12.1 Å². The van der Waals surface area contributed by atoms with Crippen molar-refractivity contribution < 1.29 is 0 Å². The number of benzene rings is 1. The van der Waals surface area contributed by atoms with Crippen molar-refractivity contribution in [3.63, 3.8) is 0 Å². The van der Waals surface area contributed by atoms with Gasteiger partial charge in [-0.1, -0.05) is 25.1 Å². The number of nitrogen functional groups attached to an aromatic ring is 1. The second-order valence-corrected chi connectivity index (χ2v) is 4.52. The van der Waals surface area contributed by atoms with E-state index in [0.29, 0.717) is 6.04 Å². The highest BCUT2D eigenvalue weighted by atomic mass is 15.1. The molecule has 0 atom stereocenters. The van der Waals surface area contributed by atoms with E-state index in [9.17, 15) is 0 Å². The number of nitrogens with zero attached hydrogens (tertiary/aromatic N) is 1. The molecule has 2 heteroatoms. The molecule has 0 amide bonds. The standard InChI is InChI=1S/C14H24N2/c1-4-16(12(2)3)11-7-9-13-8-5-6-10-14(13)15/h5-6,8,10,12H,4,7,9,11,15H2,1-3H3. The first-order valence-corrected chi connectivity index (χ1v) is 6.22. The third kappa shape index (κ3) is 3.86. The van der Waals surface area contributed by atoms with Crippen LogP contribution in [0.25, 0.3) is 0 Å². The molecule has 16 heavy (non-hydrogen) atoms. The Morgan fingerprint density at radius 3 is 2.50 bits per heavy atom. The van der Waals surface area contributed by atoms with Gasteiger partial charge in [0.2, 0.25) is 0 Å². The Kier molecular flexibility index (Phi) is 5.33. The number of nitrogens with two attached hydrogens (primary N) is 1. The summed E-state index contributed by atoms with van der Waals surface area (Å²) in [5, 5.41) is 0. The van der Waals surface area contributed by atoms with E-state index in [1.54, 1.807) is 0 Å². The van der Waals surface area contributed by atoms with E-state index in [4.69, 9.17) is 5.73 Å². The molecule has 0 spiro atoms. The largest absolute Gasteiger partial charge is 0.399 e. The molecule has 1 aromatic carbocycles. The van der Waals surface area contributed by atoms with Crippen LogP contribution in [0, 0.1) is 0 Å². The molecule has 1 aromatic rings. The van der Waals surface area contributed by atoms with Crippen molar-refractivity contribution in [3.8, 4) is 0 Å². The van der Waals surface area contributed by atoms with Gasteiger partial charge in [0, 0.05) is 11.7 Å². The van der Waals surface area contributed by atoms with Gasteiger partial charge < -0.3 is 10.6 Å². The van der Waals surface area contributed by atoms with Crippen LogP contribution in [0.1, 0.15) is 32.8 Å². The summed E-state index contributed by atoms with van der Waals surface area (Å²) >= 11 is 0. The quantitative estimate of drug-likeness (QED) is 0.747. The van der Waals surface area contributed by atoms with Gasteiger partial charge in [-0.3, -0.25) is 0 Å². The van der Waals surface area contributed by atoms with Crippen LogP contribution in [0.2, 0.25) is 0 Å². The van der Waals surface area contributed by atoms with E-state index < -0.39 is 0 Å². The number of rotatable bonds is 6. The maximum absolute atomic E-state index is 5.92. The minimum absolute atomic E-state index is 0.637. The fraction of sp³-hybridized carbons (Fsp3) is 0.571. The fourth-order valence-electron chi connectivity index (χ4n) is 2.02. The van der Waals surface area contributed by atoms with E-state index >= 15 is 0 Å². The van der Waals surface area contributed by atoms with Gasteiger partial charge in [0.1, 0.15) is 0 Å². The molecule has 0 radical (unpaired) electrons. The van der Waals surface area contributed by atoms with Crippen LogP contribution in [0.4, 0.5) is 5.69 Å². The Morgan fingerprint density at radius 1 is 1.25 bits per heavy atom. The molecular weight excluding hydrogens is 196 g/mol. The van der Waals surface area contributed by atoms with Gasteiger partial charge in [0.15, 0.2) is 0 Å². The second-order valence-electron chi connectivity index (χ2n) is 4.52. The molecule has 0 heterocycles. The first-order chi connectivity index (χ1) is 7.65. The zero-order valence-corrected chi connectivity index (χ0v) is 10.7.